The van der Waals surface area contributed by atoms with Crippen LogP contribution in [0.1, 0.15) is 124 Å². The Kier molecular flexibility index (Phi) is 15.4. The molecule has 2 N–H and O–H groups in total. The smallest absolute Gasteiger partial charge is 0.0905 e. The molecule has 0 aliphatic heterocycles. The maximum absolute atomic E-state index is 11.0. The van der Waals surface area contributed by atoms with Gasteiger partial charge in [0.1, 0.15) is 0 Å². The normalized spacial score (nSPS) is 15.5. The summed E-state index contributed by atoms with van der Waals surface area (Å²) in [5, 5.41) is 21.6. The Morgan fingerprint density at radius 3 is 1.52 bits per heavy atom. The van der Waals surface area contributed by atoms with Crippen LogP contribution in [0.5, 0.6) is 0 Å². The van der Waals surface area contributed by atoms with E-state index in [2.05, 4.69) is 20.8 Å². The number of aliphatic hydroxyl groups excluding tert-OH is 1. The van der Waals surface area contributed by atoms with Crippen molar-refractivity contribution in [1.29, 1.82) is 0 Å². The Morgan fingerprint density at radius 1 is 0.609 bits per heavy atom. The van der Waals surface area contributed by atoms with Crippen LogP contribution in [0.2, 0.25) is 0 Å². The van der Waals surface area contributed by atoms with Gasteiger partial charge in [0.2, 0.25) is 0 Å². The molecule has 0 rings (SSSR count). The molecule has 0 saturated heterocycles. The summed E-state index contributed by atoms with van der Waals surface area (Å²) in [5.74, 6) is 0. The zero-order chi connectivity index (χ0) is 17.4. The summed E-state index contributed by atoms with van der Waals surface area (Å²) >= 11 is 0. The zero-order valence-corrected chi connectivity index (χ0v) is 16.3. The minimum atomic E-state index is -0.841. The van der Waals surface area contributed by atoms with Crippen molar-refractivity contribution in [2.45, 2.75) is 135 Å². The molecule has 0 aromatic rings. The molecule has 0 saturated carbocycles. The number of aliphatic hydroxyl groups is 2. The van der Waals surface area contributed by atoms with E-state index < -0.39 is 11.7 Å². The molecule has 0 bridgehead atoms. The number of hydrogen-bond donors (Lipinski definition) is 2. The van der Waals surface area contributed by atoms with Crippen molar-refractivity contribution >= 4 is 0 Å². The molecular weight excluding hydrogens is 284 g/mol. The Morgan fingerprint density at radius 2 is 1.00 bits per heavy atom. The van der Waals surface area contributed by atoms with Gasteiger partial charge in [0.15, 0.2) is 0 Å². The minimum Gasteiger partial charge on any atom is -0.390 e. The van der Waals surface area contributed by atoms with Crippen molar-refractivity contribution in [1.82, 2.24) is 0 Å². The first-order valence-electron chi connectivity index (χ1n) is 10.5. The average molecular weight is 329 g/mol. The Labute approximate surface area is 146 Å². The van der Waals surface area contributed by atoms with Gasteiger partial charge in [0, 0.05) is 0 Å². The maximum Gasteiger partial charge on any atom is 0.0905 e. The standard InChI is InChI=1S/C21H44O2/c1-4-7-10-12-14-17-20(22)21(23,18-15-9-6-3)19-16-13-11-8-5-2/h20,22-23H,4-19H2,1-3H3. The quantitative estimate of drug-likeness (QED) is 0.304. The van der Waals surface area contributed by atoms with E-state index in [1.54, 1.807) is 0 Å². The van der Waals surface area contributed by atoms with Crippen LogP contribution in [0.25, 0.3) is 0 Å². The van der Waals surface area contributed by atoms with Gasteiger partial charge in [-0.15, -0.1) is 0 Å². The summed E-state index contributed by atoms with van der Waals surface area (Å²) in [5.41, 5.74) is -0.841. The summed E-state index contributed by atoms with van der Waals surface area (Å²) in [6, 6.07) is 0. The van der Waals surface area contributed by atoms with Crippen molar-refractivity contribution < 1.29 is 10.2 Å². The number of unbranched alkanes of at least 4 members (excludes halogenated alkanes) is 10. The predicted molar refractivity (Wildman–Crippen MR) is 102 cm³/mol. The summed E-state index contributed by atoms with van der Waals surface area (Å²) < 4.78 is 0. The van der Waals surface area contributed by atoms with Crippen LogP contribution < -0.4 is 0 Å². The summed E-state index contributed by atoms with van der Waals surface area (Å²) in [6.07, 6.45) is 17.2. The molecule has 0 fully saturated rings. The van der Waals surface area contributed by atoms with Gasteiger partial charge in [-0.05, 0) is 19.3 Å². The lowest BCUT2D eigenvalue weighted by atomic mass is 9.83. The molecule has 2 nitrogen and oxygen atoms in total. The average Bonchev–Trinajstić information content (AvgIpc) is 2.54. The molecule has 0 amide bonds. The first-order chi connectivity index (χ1) is 11.1. The fourth-order valence-electron chi connectivity index (χ4n) is 3.38. The van der Waals surface area contributed by atoms with Gasteiger partial charge in [-0.1, -0.05) is 104 Å². The third kappa shape index (κ3) is 12.0. The van der Waals surface area contributed by atoms with Crippen LogP contribution >= 0.6 is 0 Å². The molecule has 0 aliphatic carbocycles. The molecule has 0 aromatic carbocycles. The highest BCUT2D eigenvalue weighted by Gasteiger charge is 2.33. The van der Waals surface area contributed by atoms with Crippen LogP contribution in [0.4, 0.5) is 0 Å². The Hall–Kier alpha value is -0.0800. The molecule has 2 heteroatoms. The molecule has 0 radical (unpaired) electrons. The molecule has 23 heavy (non-hydrogen) atoms. The molecule has 0 aliphatic rings. The molecule has 2 atom stereocenters. The van der Waals surface area contributed by atoms with Gasteiger partial charge in [-0.2, -0.15) is 0 Å². The highest BCUT2D eigenvalue weighted by molar-refractivity contribution is 4.86. The molecule has 0 spiro atoms. The molecular formula is C21H44O2. The lowest BCUT2D eigenvalue weighted by Gasteiger charge is -2.33. The fourth-order valence-corrected chi connectivity index (χ4v) is 3.38. The summed E-state index contributed by atoms with van der Waals surface area (Å²) in [7, 11) is 0. The fraction of sp³-hybridized carbons (Fsp3) is 1.00. The lowest BCUT2D eigenvalue weighted by Crippen LogP contribution is -2.42. The second kappa shape index (κ2) is 15.4. The van der Waals surface area contributed by atoms with Gasteiger partial charge < -0.3 is 10.2 Å². The van der Waals surface area contributed by atoms with Crippen LogP contribution in [0.15, 0.2) is 0 Å². The first kappa shape index (κ1) is 22.9. The topological polar surface area (TPSA) is 40.5 Å². The van der Waals surface area contributed by atoms with Crippen LogP contribution in [0.3, 0.4) is 0 Å². The van der Waals surface area contributed by atoms with Crippen molar-refractivity contribution in [3.05, 3.63) is 0 Å². The third-order valence-electron chi connectivity index (χ3n) is 5.13. The maximum atomic E-state index is 11.0. The predicted octanol–water partition coefficient (Wildman–Crippen LogP) is 6.38. The highest BCUT2D eigenvalue weighted by Crippen LogP contribution is 2.29. The van der Waals surface area contributed by atoms with E-state index >= 15 is 0 Å². The van der Waals surface area contributed by atoms with E-state index in [0.29, 0.717) is 0 Å². The van der Waals surface area contributed by atoms with Gasteiger partial charge in [0.25, 0.3) is 0 Å². The largest absolute Gasteiger partial charge is 0.390 e. The van der Waals surface area contributed by atoms with E-state index in [1.807, 2.05) is 0 Å². The SMILES string of the molecule is CCCCCCCC(O)C(O)(CCCCC)CCCCCCC. The monoisotopic (exact) mass is 328 g/mol. The highest BCUT2D eigenvalue weighted by atomic mass is 16.3. The van der Waals surface area contributed by atoms with Crippen LogP contribution in [-0.4, -0.2) is 21.9 Å². The Bertz CT molecular complexity index is 242. The second-order valence-electron chi connectivity index (χ2n) is 7.44. The van der Waals surface area contributed by atoms with Crippen molar-refractivity contribution in [3.8, 4) is 0 Å². The van der Waals surface area contributed by atoms with Crippen molar-refractivity contribution in [2.24, 2.45) is 0 Å². The van der Waals surface area contributed by atoms with Gasteiger partial charge in [-0.25, -0.2) is 0 Å². The first-order valence-corrected chi connectivity index (χ1v) is 10.5. The van der Waals surface area contributed by atoms with Gasteiger partial charge in [-0.3, -0.25) is 0 Å². The molecule has 0 heterocycles. The van der Waals surface area contributed by atoms with Crippen LogP contribution in [-0.2, 0) is 0 Å². The zero-order valence-electron chi connectivity index (χ0n) is 16.3. The van der Waals surface area contributed by atoms with E-state index in [0.717, 1.165) is 44.9 Å². The van der Waals surface area contributed by atoms with E-state index in [4.69, 9.17) is 0 Å². The molecule has 140 valence electrons. The number of hydrogen-bond acceptors (Lipinski definition) is 2. The molecule has 0 aromatic heterocycles. The number of rotatable bonds is 17. The Balaban J connectivity index is 4.21. The van der Waals surface area contributed by atoms with Crippen molar-refractivity contribution in [2.75, 3.05) is 0 Å². The van der Waals surface area contributed by atoms with E-state index in [-0.39, 0.29) is 0 Å². The van der Waals surface area contributed by atoms with E-state index in [9.17, 15) is 10.2 Å². The van der Waals surface area contributed by atoms with Gasteiger partial charge >= 0.3 is 0 Å². The molecule has 2 unspecified atom stereocenters. The van der Waals surface area contributed by atoms with E-state index in [1.165, 1.54) is 57.8 Å². The van der Waals surface area contributed by atoms with Crippen molar-refractivity contribution in [3.63, 3.8) is 0 Å². The minimum absolute atomic E-state index is 0.535. The summed E-state index contributed by atoms with van der Waals surface area (Å²) in [6.45, 7) is 6.64. The summed E-state index contributed by atoms with van der Waals surface area (Å²) in [4.78, 5) is 0. The lowest BCUT2D eigenvalue weighted by molar-refractivity contribution is -0.0919. The van der Waals surface area contributed by atoms with Crippen LogP contribution in [0, 0.1) is 0 Å². The second-order valence-corrected chi connectivity index (χ2v) is 7.44. The van der Waals surface area contributed by atoms with Gasteiger partial charge in [0.05, 0.1) is 11.7 Å². The third-order valence-corrected chi connectivity index (χ3v) is 5.13.